The lowest BCUT2D eigenvalue weighted by Crippen LogP contribution is -2.42. The number of halogens is 2. The van der Waals surface area contributed by atoms with Crippen molar-refractivity contribution >= 4 is 35.0 Å². The summed E-state index contributed by atoms with van der Waals surface area (Å²) in [5.74, 6) is -0.716. The molecule has 0 aliphatic heterocycles. The van der Waals surface area contributed by atoms with E-state index in [4.69, 9.17) is 33.4 Å². The molecule has 1 heterocycles. The Hall–Kier alpha value is -1.98. The number of carbonyl (C=O) groups is 2. The zero-order valence-corrected chi connectivity index (χ0v) is 12.5. The molecule has 0 aliphatic rings. The molecule has 1 aromatic heterocycles. The van der Waals surface area contributed by atoms with Crippen LogP contribution in [-0.4, -0.2) is 17.9 Å². The second-order valence-electron chi connectivity index (χ2n) is 4.39. The van der Waals surface area contributed by atoms with Crippen LogP contribution in [0.25, 0.3) is 11.3 Å². The second-order valence-corrected chi connectivity index (χ2v) is 5.23. The highest BCUT2D eigenvalue weighted by Crippen LogP contribution is 2.31. The van der Waals surface area contributed by atoms with Gasteiger partial charge in [-0.25, -0.2) is 0 Å². The Morgan fingerprint density at radius 2 is 1.95 bits per heavy atom. The summed E-state index contributed by atoms with van der Waals surface area (Å²) in [5.41, 5.74) is 5.65. The number of benzene rings is 1. The lowest BCUT2D eigenvalue weighted by molar-refractivity contribution is -0.119. The van der Waals surface area contributed by atoms with Crippen LogP contribution in [0.3, 0.4) is 0 Å². The van der Waals surface area contributed by atoms with E-state index in [0.29, 0.717) is 21.4 Å². The topological polar surface area (TPSA) is 85.3 Å². The number of hydrogen-bond acceptors (Lipinski definition) is 3. The van der Waals surface area contributed by atoms with E-state index in [1.807, 2.05) is 0 Å². The number of furan rings is 1. The van der Waals surface area contributed by atoms with Crippen LogP contribution in [0.1, 0.15) is 17.5 Å². The van der Waals surface area contributed by atoms with Crippen molar-refractivity contribution in [2.24, 2.45) is 5.73 Å². The van der Waals surface area contributed by atoms with Crippen LogP contribution < -0.4 is 11.1 Å². The van der Waals surface area contributed by atoms with Crippen LogP contribution in [0.15, 0.2) is 34.7 Å². The number of nitrogens with two attached hydrogens (primary N) is 1. The van der Waals surface area contributed by atoms with E-state index in [1.54, 1.807) is 24.3 Å². The van der Waals surface area contributed by atoms with Crippen molar-refractivity contribution in [3.8, 4) is 11.3 Å². The van der Waals surface area contributed by atoms with Gasteiger partial charge >= 0.3 is 0 Å². The molecule has 0 fully saturated rings. The molecule has 21 heavy (non-hydrogen) atoms. The smallest absolute Gasteiger partial charge is 0.287 e. The maximum atomic E-state index is 11.9. The quantitative estimate of drug-likeness (QED) is 0.905. The molecule has 0 unspecified atom stereocenters. The van der Waals surface area contributed by atoms with Gasteiger partial charge in [-0.2, -0.15) is 0 Å². The molecular formula is C14H12Cl2N2O3. The maximum absolute atomic E-state index is 11.9. The van der Waals surface area contributed by atoms with Crippen molar-refractivity contribution in [1.29, 1.82) is 0 Å². The van der Waals surface area contributed by atoms with Gasteiger partial charge < -0.3 is 15.5 Å². The molecule has 0 radical (unpaired) electrons. The SMILES string of the molecule is C[C@@H](NC(=O)c1ccc(-c2cc(Cl)ccc2Cl)o1)C(N)=O. The monoisotopic (exact) mass is 326 g/mol. The first-order valence-electron chi connectivity index (χ1n) is 6.04. The van der Waals surface area contributed by atoms with E-state index in [1.165, 1.54) is 13.0 Å². The zero-order chi connectivity index (χ0) is 15.6. The Bertz CT molecular complexity index is 697. The van der Waals surface area contributed by atoms with Gasteiger partial charge in [0.2, 0.25) is 5.91 Å². The highest BCUT2D eigenvalue weighted by atomic mass is 35.5. The van der Waals surface area contributed by atoms with Gasteiger partial charge in [0.25, 0.3) is 5.91 Å². The number of nitrogens with one attached hydrogen (secondary N) is 1. The van der Waals surface area contributed by atoms with E-state index in [9.17, 15) is 9.59 Å². The largest absolute Gasteiger partial charge is 0.451 e. The Labute approximate surface area is 131 Å². The van der Waals surface area contributed by atoms with Gasteiger partial charge in [-0.1, -0.05) is 23.2 Å². The molecule has 110 valence electrons. The molecule has 1 aromatic carbocycles. The van der Waals surface area contributed by atoms with Crippen LogP contribution >= 0.6 is 23.2 Å². The third-order valence-corrected chi connectivity index (χ3v) is 3.36. The molecule has 2 aromatic rings. The minimum atomic E-state index is -0.791. The molecule has 0 saturated carbocycles. The molecule has 5 nitrogen and oxygen atoms in total. The van der Waals surface area contributed by atoms with Crippen molar-refractivity contribution in [2.75, 3.05) is 0 Å². The van der Waals surface area contributed by atoms with Crippen molar-refractivity contribution in [3.05, 3.63) is 46.1 Å². The van der Waals surface area contributed by atoms with Crippen LogP contribution in [0.2, 0.25) is 10.0 Å². The van der Waals surface area contributed by atoms with E-state index in [-0.39, 0.29) is 5.76 Å². The average Bonchev–Trinajstić information content (AvgIpc) is 2.91. The van der Waals surface area contributed by atoms with Crippen molar-refractivity contribution < 1.29 is 14.0 Å². The summed E-state index contributed by atoms with van der Waals surface area (Å²) < 4.78 is 5.44. The van der Waals surface area contributed by atoms with Crippen LogP contribution in [0, 0.1) is 0 Å². The standard InChI is InChI=1S/C14H12Cl2N2O3/c1-7(13(17)19)18-14(20)12-5-4-11(21-12)9-6-8(15)2-3-10(9)16/h2-7H,1H3,(H2,17,19)(H,18,20)/t7-/m1/s1. The predicted molar refractivity (Wildman–Crippen MR) is 80.3 cm³/mol. The van der Waals surface area contributed by atoms with Crippen LogP contribution in [0.4, 0.5) is 0 Å². The molecule has 0 spiro atoms. The number of primary amides is 1. The Kier molecular flexibility index (Phi) is 4.55. The molecule has 3 N–H and O–H groups in total. The average molecular weight is 327 g/mol. The van der Waals surface area contributed by atoms with Crippen LogP contribution in [-0.2, 0) is 4.79 Å². The number of amides is 2. The first-order valence-corrected chi connectivity index (χ1v) is 6.79. The summed E-state index contributed by atoms with van der Waals surface area (Å²) in [4.78, 5) is 22.8. The summed E-state index contributed by atoms with van der Waals surface area (Å²) in [6, 6.07) is 7.21. The third kappa shape index (κ3) is 3.56. The van der Waals surface area contributed by atoms with Gasteiger partial charge in [-0.15, -0.1) is 0 Å². The van der Waals surface area contributed by atoms with Crippen LogP contribution in [0.5, 0.6) is 0 Å². The summed E-state index contributed by atoms with van der Waals surface area (Å²) >= 11 is 12.0. The highest BCUT2D eigenvalue weighted by Gasteiger charge is 2.18. The van der Waals surface area contributed by atoms with E-state index >= 15 is 0 Å². The van der Waals surface area contributed by atoms with Gasteiger partial charge in [0.05, 0.1) is 5.02 Å². The fourth-order valence-electron chi connectivity index (χ4n) is 1.63. The predicted octanol–water partition coefficient (Wildman–Crippen LogP) is 2.86. The molecule has 2 amide bonds. The summed E-state index contributed by atoms with van der Waals surface area (Å²) in [5, 5.41) is 3.37. The Morgan fingerprint density at radius 1 is 1.24 bits per heavy atom. The normalized spacial score (nSPS) is 12.0. The van der Waals surface area contributed by atoms with E-state index in [0.717, 1.165) is 0 Å². The van der Waals surface area contributed by atoms with E-state index < -0.39 is 17.9 Å². The molecule has 0 aliphatic carbocycles. The zero-order valence-electron chi connectivity index (χ0n) is 11.0. The fraction of sp³-hybridized carbons (Fsp3) is 0.143. The van der Waals surface area contributed by atoms with Gasteiger partial charge in [-0.3, -0.25) is 9.59 Å². The second kappa shape index (κ2) is 6.20. The molecule has 2 rings (SSSR count). The highest BCUT2D eigenvalue weighted by molar-refractivity contribution is 6.35. The van der Waals surface area contributed by atoms with Crippen molar-refractivity contribution in [2.45, 2.75) is 13.0 Å². The minimum Gasteiger partial charge on any atom is -0.451 e. The summed E-state index contributed by atoms with van der Waals surface area (Å²) in [6.07, 6.45) is 0. The molecule has 7 heteroatoms. The summed E-state index contributed by atoms with van der Waals surface area (Å²) in [7, 11) is 0. The first kappa shape index (κ1) is 15.4. The number of carbonyl (C=O) groups excluding carboxylic acids is 2. The lowest BCUT2D eigenvalue weighted by Gasteiger charge is -2.08. The van der Waals surface area contributed by atoms with Crippen molar-refractivity contribution in [1.82, 2.24) is 5.32 Å². The number of rotatable bonds is 4. The Morgan fingerprint density at radius 3 is 2.62 bits per heavy atom. The van der Waals surface area contributed by atoms with Gasteiger partial charge in [0.15, 0.2) is 5.76 Å². The fourth-order valence-corrected chi connectivity index (χ4v) is 2.01. The molecule has 1 atom stereocenters. The minimum absolute atomic E-state index is 0.0501. The number of hydrogen-bond donors (Lipinski definition) is 2. The summed E-state index contributed by atoms with van der Waals surface area (Å²) in [6.45, 7) is 1.48. The van der Waals surface area contributed by atoms with Gasteiger partial charge in [-0.05, 0) is 37.3 Å². The van der Waals surface area contributed by atoms with E-state index in [2.05, 4.69) is 5.32 Å². The molecular weight excluding hydrogens is 315 g/mol. The van der Waals surface area contributed by atoms with Gasteiger partial charge in [0.1, 0.15) is 11.8 Å². The lowest BCUT2D eigenvalue weighted by atomic mass is 10.2. The third-order valence-electron chi connectivity index (χ3n) is 2.80. The molecule has 0 saturated heterocycles. The van der Waals surface area contributed by atoms with Crippen molar-refractivity contribution in [3.63, 3.8) is 0 Å². The Balaban J connectivity index is 2.24. The maximum Gasteiger partial charge on any atom is 0.287 e. The molecule has 0 bridgehead atoms. The first-order chi connectivity index (χ1) is 9.88. The van der Waals surface area contributed by atoms with Gasteiger partial charge in [0, 0.05) is 10.6 Å².